The lowest BCUT2D eigenvalue weighted by Crippen LogP contribution is -2.03. The number of hydrogen-bond donors (Lipinski definition) is 0. The summed E-state index contributed by atoms with van der Waals surface area (Å²) in [6.07, 6.45) is 0. The van der Waals surface area contributed by atoms with Gasteiger partial charge in [-0.15, -0.1) is 0 Å². The summed E-state index contributed by atoms with van der Waals surface area (Å²) in [7, 11) is 0. The third-order valence-corrected chi connectivity index (χ3v) is 3.68. The molecule has 0 radical (unpaired) electrons. The molecule has 0 amide bonds. The number of pyridine rings is 1. The van der Waals surface area contributed by atoms with Crippen LogP contribution < -0.4 is 0 Å². The molecule has 0 aliphatic rings. The molecule has 0 atom stereocenters. The van der Waals surface area contributed by atoms with Crippen LogP contribution in [0.1, 0.15) is 21.7 Å². The van der Waals surface area contributed by atoms with E-state index in [1.165, 1.54) is 11.3 Å². The first-order valence-corrected chi connectivity index (χ1v) is 6.12. The molecule has 2 aromatic rings. The lowest BCUT2D eigenvalue weighted by atomic mass is 10.1. The van der Waals surface area contributed by atoms with Crippen LogP contribution in [0.3, 0.4) is 0 Å². The van der Waals surface area contributed by atoms with Crippen molar-refractivity contribution in [3.63, 3.8) is 0 Å². The SMILES string of the molecule is Cc1cccc(C(=O)c2cscc2Br)n1. The van der Waals surface area contributed by atoms with E-state index in [4.69, 9.17) is 0 Å². The normalized spacial score (nSPS) is 10.3. The second kappa shape index (κ2) is 4.24. The number of aromatic nitrogens is 1. The summed E-state index contributed by atoms with van der Waals surface area (Å²) in [6.45, 7) is 1.87. The Bertz CT molecular complexity index is 507. The molecule has 0 N–H and O–H groups in total. The molecule has 4 heteroatoms. The molecular formula is C11H8BrNOS. The quantitative estimate of drug-likeness (QED) is 0.790. The van der Waals surface area contributed by atoms with E-state index in [0.717, 1.165) is 10.2 Å². The second-order valence-electron chi connectivity index (χ2n) is 3.13. The van der Waals surface area contributed by atoms with E-state index in [0.29, 0.717) is 11.3 Å². The summed E-state index contributed by atoms with van der Waals surface area (Å²) in [5.41, 5.74) is 2.03. The fourth-order valence-electron chi connectivity index (χ4n) is 1.25. The molecule has 0 bridgehead atoms. The summed E-state index contributed by atoms with van der Waals surface area (Å²) < 4.78 is 0.834. The zero-order valence-electron chi connectivity index (χ0n) is 8.03. The van der Waals surface area contributed by atoms with Gasteiger partial charge in [0, 0.05) is 26.5 Å². The van der Waals surface area contributed by atoms with Gasteiger partial charge in [0.25, 0.3) is 0 Å². The largest absolute Gasteiger partial charge is 0.287 e. The zero-order valence-corrected chi connectivity index (χ0v) is 10.4. The van der Waals surface area contributed by atoms with Gasteiger partial charge in [0.05, 0.1) is 0 Å². The minimum atomic E-state index is -0.0353. The fourth-order valence-corrected chi connectivity index (χ4v) is 2.71. The number of halogens is 1. The van der Waals surface area contributed by atoms with Crippen LogP contribution in [-0.4, -0.2) is 10.8 Å². The van der Waals surface area contributed by atoms with Gasteiger partial charge in [0.2, 0.25) is 5.78 Å². The van der Waals surface area contributed by atoms with Crippen molar-refractivity contribution in [2.24, 2.45) is 0 Å². The van der Waals surface area contributed by atoms with Gasteiger partial charge < -0.3 is 0 Å². The summed E-state index contributed by atoms with van der Waals surface area (Å²) in [5, 5.41) is 3.72. The monoisotopic (exact) mass is 281 g/mol. The van der Waals surface area contributed by atoms with Gasteiger partial charge in [-0.05, 0) is 35.0 Å². The van der Waals surface area contributed by atoms with Crippen molar-refractivity contribution in [2.75, 3.05) is 0 Å². The van der Waals surface area contributed by atoms with Crippen molar-refractivity contribution >= 4 is 33.0 Å². The maximum atomic E-state index is 12.0. The maximum Gasteiger partial charge on any atom is 0.213 e. The molecule has 76 valence electrons. The first kappa shape index (κ1) is 10.5. The Morgan fingerprint density at radius 2 is 2.20 bits per heavy atom. The van der Waals surface area contributed by atoms with Crippen LogP contribution >= 0.6 is 27.3 Å². The molecule has 0 aliphatic heterocycles. The standard InChI is InChI=1S/C11H8BrNOS/c1-7-3-2-4-10(13-7)11(14)8-5-15-6-9(8)12/h2-6H,1H3. The van der Waals surface area contributed by atoms with Gasteiger partial charge in [0.1, 0.15) is 5.69 Å². The number of nitrogens with zero attached hydrogens (tertiary/aromatic N) is 1. The van der Waals surface area contributed by atoms with Crippen molar-refractivity contribution in [1.29, 1.82) is 0 Å². The Labute approximate surface area is 100 Å². The molecule has 2 nitrogen and oxygen atoms in total. The lowest BCUT2D eigenvalue weighted by Gasteiger charge is -1.99. The molecular weight excluding hydrogens is 274 g/mol. The van der Waals surface area contributed by atoms with Crippen LogP contribution in [0.5, 0.6) is 0 Å². The average Bonchev–Trinajstić information content (AvgIpc) is 2.63. The summed E-state index contributed by atoms with van der Waals surface area (Å²) in [5.74, 6) is -0.0353. The third-order valence-electron chi connectivity index (χ3n) is 1.98. The highest BCUT2D eigenvalue weighted by atomic mass is 79.9. The van der Waals surface area contributed by atoms with E-state index in [-0.39, 0.29) is 5.78 Å². The van der Waals surface area contributed by atoms with Crippen molar-refractivity contribution in [3.05, 3.63) is 50.4 Å². The van der Waals surface area contributed by atoms with Gasteiger partial charge in [-0.2, -0.15) is 11.3 Å². The van der Waals surface area contributed by atoms with Crippen LogP contribution in [-0.2, 0) is 0 Å². The molecule has 0 aliphatic carbocycles. The van der Waals surface area contributed by atoms with E-state index >= 15 is 0 Å². The smallest absolute Gasteiger partial charge is 0.213 e. The van der Waals surface area contributed by atoms with Gasteiger partial charge >= 0.3 is 0 Å². The Morgan fingerprint density at radius 1 is 1.40 bits per heavy atom. The molecule has 0 saturated heterocycles. The minimum absolute atomic E-state index is 0.0353. The molecule has 15 heavy (non-hydrogen) atoms. The molecule has 2 aromatic heterocycles. The molecule has 2 heterocycles. The maximum absolute atomic E-state index is 12.0. The minimum Gasteiger partial charge on any atom is -0.287 e. The van der Waals surface area contributed by atoms with Crippen molar-refractivity contribution in [1.82, 2.24) is 4.98 Å². The second-order valence-corrected chi connectivity index (χ2v) is 4.72. The molecule has 2 rings (SSSR count). The Balaban J connectivity index is 2.41. The first-order valence-electron chi connectivity index (χ1n) is 4.38. The number of carbonyl (C=O) groups excluding carboxylic acids is 1. The predicted molar refractivity (Wildman–Crippen MR) is 64.4 cm³/mol. The highest BCUT2D eigenvalue weighted by Gasteiger charge is 2.14. The molecule has 0 aromatic carbocycles. The van der Waals surface area contributed by atoms with Crippen LogP contribution in [0.15, 0.2) is 33.4 Å². The first-order chi connectivity index (χ1) is 7.18. The summed E-state index contributed by atoms with van der Waals surface area (Å²) in [6, 6.07) is 5.45. The predicted octanol–water partition coefficient (Wildman–Crippen LogP) is 3.45. The van der Waals surface area contributed by atoms with E-state index in [1.807, 2.05) is 29.8 Å². The number of hydrogen-bond acceptors (Lipinski definition) is 3. The van der Waals surface area contributed by atoms with Crippen LogP contribution in [0, 0.1) is 6.92 Å². The Morgan fingerprint density at radius 3 is 2.80 bits per heavy atom. The van der Waals surface area contributed by atoms with Crippen LogP contribution in [0.2, 0.25) is 0 Å². The number of aryl methyl sites for hydroxylation is 1. The van der Waals surface area contributed by atoms with Gasteiger partial charge in [0.15, 0.2) is 0 Å². The fraction of sp³-hybridized carbons (Fsp3) is 0.0909. The molecule has 0 fully saturated rings. The van der Waals surface area contributed by atoms with E-state index in [2.05, 4.69) is 20.9 Å². The molecule has 0 spiro atoms. The number of thiophene rings is 1. The Kier molecular flexibility index (Phi) is 2.98. The van der Waals surface area contributed by atoms with Crippen molar-refractivity contribution in [2.45, 2.75) is 6.92 Å². The lowest BCUT2D eigenvalue weighted by molar-refractivity contribution is 0.103. The molecule has 0 unspecified atom stereocenters. The highest BCUT2D eigenvalue weighted by Crippen LogP contribution is 2.23. The third kappa shape index (κ3) is 2.16. The van der Waals surface area contributed by atoms with E-state index in [9.17, 15) is 4.79 Å². The van der Waals surface area contributed by atoms with Crippen LogP contribution in [0.25, 0.3) is 0 Å². The number of rotatable bonds is 2. The van der Waals surface area contributed by atoms with Gasteiger partial charge in [-0.25, -0.2) is 4.98 Å². The van der Waals surface area contributed by atoms with Gasteiger partial charge in [-0.1, -0.05) is 6.07 Å². The zero-order chi connectivity index (χ0) is 10.8. The van der Waals surface area contributed by atoms with Gasteiger partial charge in [-0.3, -0.25) is 4.79 Å². The topological polar surface area (TPSA) is 30.0 Å². The van der Waals surface area contributed by atoms with E-state index < -0.39 is 0 Å². The van der Waals surface area contributed by atoms with E-state index in [1.54, 1.807) is 6.07 Å². The average molecular weight is 282 g/mol. The number of carbonyl (C=O) groups is 1. The highest BCUT2D eigenvalue weighted by molar-refractivity contribution is 9.10. The Hall–Kier alpha value is -1.000. The molecule has 0 saturated carbocycles. The summed E-state index contributed by atoms with van der Waals surface area (Å²) in [4.78, 5) is 16.2. The van der Waals surface area contributed by atoms with Crippen LogP contribution in [0.4, 0.5) is 0 Å². The number of ketones is 1. The van der Waals surface area contributed by atoms with Crippen molar-refractivity contribution < 1.29 is 4.79 Å². The summed E-state index contributed by atoms with van der Waals surface area (Å²) >= 11 is 4.84. The van der Waals surface area contributed by atoms with Crippen molar-refractivity contribution in [3.8, 4) is 0 Å².